The third-order valence-electron chi connectivity index (χ3n) is 3.07. The summed E-state index contributed by atoms with van der Waals surface area (Å²) in [6.07, 6.45) is 2.24. The molecule has 4 nitrogen and oxygen atoms in total. The molecule has 1 fully saturated rings. The van der Waals surface area contributed by atoms with E-state index in [1.165, 1.54) is 0 Å². The van der Waals surface area contributed by atoms with Crippen LogP contribution in [0.25, 0.3) is 0 Å². The molecule has 4 heteroatoms. The smallest absolute Gasteiger partial charge is 0.307 e. The Kier molecular flexibility index (Phi) is 3.46. The average Bonchev–Trinajstić information content (AvgIpc) is 2.70. The van der Waals surface area contributed by atoms with Gasteiger partial charge >= 0.3 is 5.97 Å². The minimum atomic E-state index is -0.871. The zero-order chi connectivity index (χ0) is 13.1. The van der Waals surface area contributed by atoms with Gasteiger partial charge in [0.1, 0.15) is 0 Å². The van der Waals surface area contributed by atoms with Gasteiger partial charge in [-0.05, 0) is 17.7 Å². The summed E-state index contributed by atoms with van der Waals surface area (Å²) in [5, 5.41) is 8.76. The maximum atomic E-state index is 11.8. The van der Waals surface area contributed by atoms with E-state index in [0.717, 1.165) is 5.69 Å². The van der Waals surface area contributed by atoms with Gasteiger partial charge in [-0.1, -0.05) is 18.2 Å². The number of benzene rings is 1. The van der Waals surface area contributed by atoms with E-state index in [1.54, 1.807) is 29.2 Å². The Hall–Kier alpha value is -2.10. The van der Waals surface area contributed by atoms with Crippen LogP contribution in [0.4, 0.5) is 5.69 Å². The van der Waals surface area contributed by atoms with Gasteiger partial charge in [-0.15, -0.1) is 6.58 Å². The van der Waals surface area contributed by atoms with Gasteiger partial charge in [-0.2, -0.15) is 0 Å². The van der Waals surface area contributed by atoms with Crippen molar-refractivity contribution in [3.8, 4) is 0 Å². The fourth-order valence-electron chi connectivity index (χ4n) is 2.15. The maximum Gasteiger partial charge on any atom is 0.307 e. The lowest BCUT2D eigenvalue weighted by atomic mass is 10.1. The third kappa shape index (κ3) is 2.59. The van der Waals surface area contributed by atoms with Crippen molar-refractivity contribution in [1.29, 1.82) is 0 Å². The van der Waals surface area contributed by atoms with Crippen LogP contribution < -0.4 is 4.90 Å². The maximum absolute atomic E-state index is 11.8. The predicted molar refractivity (Wildman–Crippen MR) is 68.4 cm³/mol. The zero-order valence-electron chi connectivity index (χ0n) is 10.0. The first kappa shape index (κ1) is 12.4. The minimum absolute atomic E-state index is 0.0270. The van der Waals surface area contributed by atoms with Crippen LogP contribution in [-0.2, 0) is 16.0 Å². The van der Waals surface area contributed by atoms with Crippen molar-refractivity contribution in [2.75, 3.05) is 11.4 Å². The first-order valence-electron chi connectivity index (χ1n) is 5.84. The van der Waals surface area contributed by atoms with Crippen LogP contribution in [0, 0.1) is 5.92 Å². The Morgan fingerprint density at radius 2 is 2.33 bits per heavy atom. The van der Waals surface area contributed by atoms with Crippen molar-refractivity contribution in [3.63, 3.8) is 0 Å². The second kappa shape index (κ2) is 5.04. The lowest BCUT2D eigenvalue weighted by Crippen LogP contribution is -2.24. The predicted octanol–water partition coefficient (Wildman–Crippen LogP) is 1.85. The average molecular weight is 245 g/mol. The molecular formula is C14H15NO3. The molecule has 0 bridgehead atoms. The van der Waals surface area contributed by atoms with Gasteiger partial charge in [-0.25, -0.2) is 0 Å². The fourth-order valence-corrected chi connectivity index (χ4v) is 2.15. The van der Waals surface area contributed by atoms with Gasteiger partial charge in [-0.3, -0.25) is 9.59 Å². The molecule has 1 aliphatic rings. The SMILES string of the molecule is C=CC1CC(=O)N(c2cccc(CC(=O)O)c2)C1. The van der Waals surface area contributed by atoms with Crippen molar-refractivity contribution in [3.05, 3.63) is 42.5 Å². The number of amides is 1. The zero-order valence-corrected chi connectivity index (χ0v) is 10.0. The minimum Gasteiger partial charge on any atom is -0.481 e. The topological polar surface area (TPSA) is 57.6 Å². The van der Waals surface area contributed by atoms with E-state index >= 15 is 0 Å². The second-order valence-electron chi connectivity index (χ2n) is 4.44. The van der Waals surface area contributed by atoms with Crippen LogP contribution in [0.1, 0.15) is 12.0 Å². The Bertz CT molecular complexity index is 496. The van der Waals surface area contributed by atoms with E-state index in [4.69, 9.17) is 5.11 Å². The fraction of sp³-hybridized carbons (Fsp3) is 0.286. The largest absolute Gasteiger partial charge is 0.481 e. The molecule has 0 spiro atoms. The molecule has 1 atom stereocenters. The van der Waals surface area contributed by atoms with Gasteiger partial charge < -0.3 is 10.0 Å². The molecular weight excluding hydrogens is 230 g/mol. The third-order valence-corrected chi connectivity index (χ3v) is 3.07. The van der Waals surface area contributed by atoms with Gasteiger partial charge in [0.25, 0.3) is 0 Å². The normalized spacial score (nSPS) is 19.0. The number of rotatable bonds is 4. The number of carbonyl (C=O) groups excluding carboxylic acids is 1. The summed E-state index contributed by atoms with van der Waals surface area (Å²) in [7, 11) is 0. The summed E-state index contributed by atoms with van der Waals surface area (Å²) in [5.74, 6) is -0.628. The van der Waals surface area contributed by atoms with Crippen LogP contribution in [-0.4, -0.2) is 23.5 Å². The highest BCUT2D eigenvalue weighted by atomic mass is 16.4. The molecule has 1 amide bonds. The van der Waals surface area contributed by atoms with Crippen LogP contribution in [0.2, 0.25) is 0 Å². The van der Waals surface area contributed by atoms with Gasteiger partial charge in [0.15, 0.2) is 0 Å². The molecule has 1 N–H and O–H groups in total. The van der Waals surface area contributed by atoms with E-state index in [9.17, 15) is 9.59 Å². The number of carboxylic acids is 1. The highest BCUT2D eigenvalue weighted by molar-refractivity contribution is 5.96. The van der Waals surface area contributed by atoms with Crippen LogP contribution in [0.3, 0.4) is 0 Å². The molecule has 1 heterocycles. The van der Waals surface area contributed by atoms with E-state index in [-0.39, 0.29) is 18.2 Å². The standard InChI is InChI=1S/C14H15NO3/c1-2-10-7-13(16)15(9-10)12-5-3-4-11(6-12)8-14(17)18/h2-6,10H,1,7-9H2,(H,17,18). The highest BCUT2D eigenvalue weighted by Gasteiger charge is 2.28. The summed E-state index contributed by atoms with van der Waals surface area (Å²) < 4.78 is 0. The highest BCUT2D eigenvalue weighted by Crippen LogP contribution is 2.26. The number of carboxylic acid groups (broad SMARTS) is 1. The van der Waals surface area contributed by atoms with Crippen molar-refractivity contribution >= 4 is 17.6 Å². The summed E-state index contributed by atoms with van der Waals surface area (Å²) in [4.78, 5) is 24.2. The molecule has 2 rings (SSSR count). The number of carbonyl (C=O) groups is 2. The van der Waals surface area contributed by atoms with Gasteiger partial charge in [0.2, 0.25) is 5.91 Å². The molecule has 0 aromatic heterocycles. The molecule has 1 aromatic carbocycles. The van der Waals surface area contributed by atoms with Crippen LogP contribution in [0.5, 0.6) is 0 Å². The number of aliphatic carboxylic acids is 1. The van der Waals surface area contributed by atoms with Crippen LogP contribution >= 0.6 is 0 Å². The summed E-state index contributed by atoms with van der Waals surface area (Å²) in [5.41, 5.74) is 1.47. The Labute approximate surface area is 106 Å². The van der Waals surface area contributed by atoms with E-state index in [1.807, 2.05) is 6.07 Å². The molecule has 1 unspecified atom stereocenters. The molecule has 1 aromatic rings. The number of hydrogen-bond donors (Lipinski definition) is 1. The lowest BCUT2D eigenvalue weighted by molar-refractivity contribution is -0.136. The second-order valence-corrected chi connectivity index (χ2v) is 4.44. The Morgan fingerprint density at radius 1 is 1.56 bits per heavy atom. The number of hydrogen-bond acceptors (Lipinski definition) is 2. The monoisotopic (exact) mass is 245 g/mol. The first-order chi connectivity index (χ1) is 8.60. The molecule has 18 heavy (non-hydrogen) atoms. The van der Waals surface area contributed by atoms with Crippen molar-refractivity contribution in [1.82, 2.24) is 0 Å². The van der Waals surface area contributed by atoms with Crippen molar-refractivity contribution < 1.29 is 14.7 Å². The van der Waals surface area contributed by atoms with Gasteiger partial charge in [0, 0.05) is 24.6 Å². The van der Waals surface area contributed by atoms with Crippen molar-refractivity contribution in [2.24, 2.45) is 5.92 Å². The Balaban J connectivity index is 2.20. The van der Waals surface area contributed by atoms with E-state index in [0.29, 0.717) is 18.5 Å². The van der Waals surface area contributed by atoms with Crippen molar-refractivity contribution in [2.45, 2.75) is 12.8 Å². The lowest BCUT2D eigenvalue weighted by Gasteiger charge is -2.16. The molecule has 0 saturated carbocycles. The number of anilines is 1. The van der Waals surface area contributed by atoms with Gasteiger partial charge in [0.05, 0.1) is 6.42 Å². The molecule has 0 radical (unpaired) electrons. The van der Waals surface area contributed by atoms with E-state index < -0.39 is 5.97 Å². The molecule has 1 aliphatic heterocycles. The van der Waals surface area contributed by atoms with Crippen LogP contribution in [0.15, 0.2) is 36.9 Å². The number of nitrogens with zero attached hydrogens (tertiary/aromatic N) is 1. The molecule has 1 saturated heterocycles. The summed E-state index contributed by atoms with van der Waals surface area (Å²) in [6, 6.07) is 7.12. The summed E-state index contributed by atoms with van der Waals surface area (Å²) >= 11 is 0. The summed E-state index contributed by atoms with van der Waals surface area (Å²) in [6.45, 7) is 4.33. The Morgan fingerprint density at radius 3 is 2.94 bits per heavy atom. The quantitative estimate of drug-likeness (QED) is 0.824. The molecule has 94 valence electrons. The van der Waals surface area contributed by atoms with E-state index in [2.05, 4.69) is 6.58 Å². The molecule has 0 aliphatic carbocycles. The first-order valence-corrected chi connectivity index (χ1v) is 5.84.